The Bertz CT molecular complexity index is 3560. The summed E-state index contributed by atoms with van der Waals surface area (Å²) >= 11 is 9.25. The first-order valence-electron chi connectivity index (χ1n) is 30.7. The molecule has 0 saturated heterocycles. The molecule has 4 N–H and O–H groups in total. The van der Waals surface area contributed by atoms with Crippen LogP contribution < -0.4 is 19.5 Å². The Labute approximate surface area is 559 Å². The quantitative estimate of drug-likeness (QED) is 0.0100. The second-order valence-corrected chi connectivity index (χ2v) is 23.7. The molecule has 1 aliphatic heterocycles. The number of rotatable bonds is 32. The second-order valence-electron chi connectivity index (χ2n) is 21.3. The van der Waals surface area contributed by atoms with Gasteiger partial charge in [-0.1, -0.05) is 24.3 Å². The lowest BCUT2D eigenvalue weighted by atomic mass is 9.92. The zero-order valence-corrected chi connectivity index (χ0v) is 56.7. The molecule has 0 aromatic carbocycles. The van der Waals surface area contributed by atoms with E-state index in [1.165, 1.54) is 16.3 Å². The number of carboxylic acids is 1. The van der Waals surface area contributed by atoms with Crippen LogP contribution in [0.2, 0.25) is 0 Å². The van der Waals surface area contributed by atoms with Gasteiger partial charge < -0.3 is 48.2 Å². The third-order valence-electron chi connectivity index (χ3n) is 14.2. The van der Waals surface area contributed by atoms with Gasteiger partial charge in [0.05, 0.1) is 72.4 Å². The van der Waals surface area contributed by atoms with Gasteiger partial charge in [0.25, 0.3) is 0 Å². The number of aromatic nitrogens is 10. The highest BCUT2D eigenvalue weighted by Crippen LogP contribution is 2.32. The van der Waals surface area contributed by atoms with Crippen molar-refractivity contribution in [3.63, 3.8) is 0 Å². The fourth-order valence-electron chi connectivity index (χ4n) is 9.43. The molecule has 0 aliphatic carbocycles. The number of H-pyrrole nitrogens is 1. The number of esters is 2. The number of halogens is 1. The molecule has 0 spiro atoms. The third-order valence-corrected chi connectivity index (χ3v) is 15.7. The SMILES string of the molecule is CC(=O)CCCCCl.CCOC(=O)CC(c1ccc(OC)nc1)c1cn[nH]c1.CCOC(=O)CC(c1ccc(OC)nc1)c1cnn(CCCCC(C)=O)c1.COc1ccc(C(CC(=O)O)c2cnn(CCCCc3ccc4c(n3)NCCC4)c2)cn1.O=CS(=O)(O)=C=S. The van der Waals surface area contributed by atoms with Crippen molar-refractivity contribution in [2.75, 3.05) is 52.3 Å². The number of carbonyl (C=O) groups is 6. The van der Waals surface area contributed by atoms with Crippen LogP contribution in [0.4, 0.5) is 5.82 Å². The molecular weight excluding hydrogens is 1270 g/mol. The summed E-state index contributed by atoms with van der Waals surface area (Å²) in [6, 6.07) is 15.3. The number of hydrogen-bond acceptors (Lipinski definition) is 21. The lowest BCUT2D eigenvalue weighted by Crippen LogP contribution is -2.14. The number of fused-ring (bicyclic) bond motifs is 1. The molecule has 0 fully saturated rings. The Morgan fingerprint density at radius 3 is 1.56 bits per heavy atom. The predicted molar refractivity (Wildman–Crippen MR) is 360 cm³/mol. The second kappa shape index (κ2) is 43.2. The summed E-state index contributed by atoms with van der Waals surface area (Å²) in [6.07, 6.45) is 26.6. The van der Waals surface area contributed by atoms with Gasteiger partial charge in [0.2, 0.25) is 23.3 Å². The van der Waals surface area contributed by atoms with Crippen LogP contribution in [0.25, 0.3) is 0 Å². The van der Waals surface area contributed by atoms with E-state index in [9.17, 15) is 38.1 Å². The maximum atomic E-state index is 12.1. The number of hydrogen-bond donors (Lipinski definition) is 4. The maximum Gasteiger partial charge on any atom is 0.306 e. The Kier molecular flexibility index (Phi) is 35.7. The number of carbonyl (C=O) groups excluding carboxylic acids is 5. The van der Waals surface area contributed by atoms with Crippen LogP contribution in [-0.2, 0) is 74.0 Å². The summed E-state index contributed by atoms with van der Waals surface area (Å²) in [5.41, 5.74) is 7.67. The number of thiocarbonyl (C=S) groups is 1. The molecule has 0 amide bonds. The minimum absolute atomic E-state index is 0.0161. The van der Waals surface area contributed by atoms with Crippen molar-refractivity contribution in [3.8, 4) is 17.6 Å². The minimum Gasteiger partial charge on any atom is -0.481 e. The lowest BCUT2D eigenvalue weighted by Gasteiger charge is -2.17. The molecule has 0 bridgehead atoms. The Hall–Kier alpha value is -8.75. The molecule has 25 nitrogen and oxygen atoms in total. The zero-order chi connectivity index (χ0) is 68.7. The van der Waals surface area contributed by atoms with E-state index >= 15 is 0 Å². The predicted octanol–water partition coefficient (Wildman–Crippen LogP) is 10.5. The van der Waals surface area contributed by atoms with Gasteiger partial charge in [-0.15, -0.1) is 11.6 Å². The number of unbranched alkanes of at least 4 members (excludes halogenated alkanes) is 3. The molecule has 28 heteroatoms. The Balaban J connectivity index is 0.000000275. The van der Waals surface area contributed by atoms with Gasteiger partial charge in [0, 0.05) is 121 Å². The highest BCUT2D eigenvalue weighted by Gasteiger charge is 2.24. The molecule has 0 saturated carbocycles. The first kappa shape index (κ1) is 77.7. The van der Waals surface area contributed by atoms with Crippen LogP contribution in [0.1, 0.15) is 167 Å². The van der Waals surface area contributed by atoms with E-state index in [1.807, 2.05) is 40.0 Å². The van der Waals surface area contributed by atoms with E-state index in [4.69, 9.17) is 44.8 Å². The van der Waals surface area contributed by atoms with Gasteiger partial charge in [-0.05, 0) is 143 Å². The molecule has 8 heterocycles. The normalized spacial score (nSPS) is 12.6. The maximum absolute atomic E-state index is 12.1. The minimum atomic E-state index is -3.52. The van der Waals surface area contributed by atoms with Crippen LogP contribution in [-0.4, -0.2) is 150 Å². The molecule has 0 radical (unpaired) electrons. The first-order chi connectivity index (χ1) is 45.3. The van der Waals surface area contributed by atoms with E-state index in [1.54, 1.807) is 111 Å². The molecule has 94 heavy (non-hydrogen) atoms. The Morgan fingerprint density at radius 2 is 1.16 bits per heavy atom. The van der Waals surface area contributed by atoms with Crippen LogP contribution >= 0.6 is 23.8 Å². The van der Waals surface area contributed by atoms with E-state index < -0.39 is 15.8 Å². The van der Waals surface area contributed by atoms with Crippen LogP contribution in [0.3, 0.4) is 0 Å². The lowest BCUT2D eigenvalue weighted by molar-refractivity contribution is -0.144. The average Bonchev–Trinajstić information content (AvgIpc) is 1.64. The van der Waals surface area contributed by atoms with E-state index in [0.29, 0.717) is 49.6 Å². The smallest absolute Gasteiger partial charge is 0.306 e. The van der Waals surface area contributed by atoms with Gasteiger partial charge in [0.15, 0.2) is 9.80 Å². The van der Waals surface area contributed by atoms with Gasteiger partial charge in [0.1, 0.15) is 17.4 Å². The van der Waals surface area contributed by atoms with Crippen LogP contribution in [0.15, 0.2) is 104 Å². The van der Waals surface area contributed by atoms with Gasteiger partial charge in [-0.2, -0.15) is 15.3 Å². The summed E-state index contributed by atoms with van der Waals surface area (Å²) < 4.78 is 48.6. The number of alkyl halides is 1. The summed E-state index contributed by atoms with van der Waals surface area (Å²) in [5.74, 6) is 1.77. The number of aryl methyl sites for hydroxylation is 4. The topological polar surface area (TPSA) is 334 Å². The molecule has 7 aromatic rings. The molecule has 508 valence electrons. The summed E-state index contributed by atoms with van der Waals surface area (Å²) in [7, 11) is 1.16. The third kappa shape index (κ3) is 29.0. The molecule has 1 aliphatic rings. The van der Waals surface area contributed by atoms with Gasteiger partial charge in [-0.25, -0.2) is 24.1 Å². The summed E-state index contributed by atoms with van der Waals surface area (Å²) in [6.45, 7) is 10.0. The monoisotopic (exact) mass is 1360 g/mol. The fourth-order valence-corrected chi connectivity index (χ4v) is 9.77. The van der Waals surface area contributed by atoms with Crippen molar-refractivity contribution in [2.45, 2.75) is 148 Å². The largest absolute Gasteiger partial charge is 0.481 e. The van der Waals surface area contributed by atoms with E-state index in [0.717, 1.165) is 116 Å². The van der Waals surface area contributed by atoms with Gasteiger partial charge >= 0.3 is 17.9 Å². The molecule has 4 atom stereocenters. The fraction of sp³-hybridized carbons (Fsp3) is 0.455. The standard InChI is InChI=1S/C24H29N5O3.C20H27N3O4.C14H17N3O3.C6H11ClO.C2H2O3S2/c1-32-22-10-8-18(14-26-22)21(13-23(30)31)19-15-27-29(16-19)12-3-2-6-20-9-7-17-5-4-11-25-24(17)28-20;1-4-27-20(25)11-18(16-8-9-19(26-3)21-12-16)17-13-22-23(14-17)10-6-5-7-15(2)24;1-3-20-14(18)6-12(11-8-16-17-9-11)10-4-5-13(19-2)15-7-10;1-6(8)4-2-3-5-7;3-1-7(4,5)2-6/h7-10,14-16,21H,2-6,11-13H2,1H3,(H,25,28)(H,30,31);8-9,12-14,18H,4-7,10-11H2,1-3H3;4-5,7-9,12H,3,6H2,1-2H3,(H,16,17);2-5H2,1H3;1H,(H,4,5). The number of Topliss-reactive ketones (excluding diaryl/α,β-unsaturated/α-hetero) is 2. The number of pyridine rings is 4. The van der Waals surface area contributed by atoms with E-state index in [-0.39, 0.29) is 66.1 Å². The van der Waals surface area contributed by atoms with Crippen molar-refractivity contribution < 1.29 is 66.3 Å². The van der Waals surface area contributed by atoms with Crippen molar-refractivity contribution in [2.24, 2.45) is 0 Å². The molecule has 4 unspecified atom stereocenters. The van der Waals surface area contributed by atoms with Crippen LogP contribution in [0, 0.1) is 0 Å². The number of ether oxygens (including phenoxy) is 5. The number of ketones is 2. The molecule has 7 aromatic heterocycles. The number of aliphatic carboxylic acids is 1. The first-order valence-corrected chi connectivity index (χ1v) is 33.3. The molecular formula is C66H86ClN11O14S2. The Morgan fingerprint density at radius 1 is 0.670 bits per heavy atom. The van der Waals surface area contributed by atoms with Crippen molar-refractivity contribution in [3.05, 3.63) is 149 Å². The number of methoxy groups -OCH3 is 3. The zero-order valence-electron chi connectivity index (χ0n) is 54.3. The number of nitrogens with one attached hydrogen (secondary N) is 2. The number of carboxylic acid groups (broad SMARTS) is 1. The van der Waals surface area contributed by atoms with E-state index in [2.05, 4.69) is 65.0 Å². The highest BCUT2D eigenvalue weighted by molar-refractivity contribution is 8.13. The van der Waals surface area contributed by atoms with Crippen LogP contribution in [0.5, 0.6) is 17.6 Å². The number of nitrogens with zero attached hydrogens (tertiary/aromatic N) is 9. The van der Waals surface area contributed by atoms with Crippen molar-refractivity contribution in [1.82, 2.24) is 49.7 Å². The number of anilines is 1. The van der Waals surface area contributed by atoms with Gasteiger partial charge in [-0.3, -0.25) is 33.6 Å². The average molecular weight is 1360 g/mol. The number of aromatic amines is 1. The summed E-state index contributed by atoms with van der Waals surface area (Å²) in [5, 5.41) is 28.3. The highest BCUT2D eigenvalue weighted by atomic mass is 35.5. The van der Waals surface area contributed by atoms with Crippen molar-refractivity contribution >= 4 is 78.8 Å². The van der Waals surface area contributed by atoms with Crippen molar-refractivity contribution in [1.29, 1.82) is 0 Å². The summed E-state index contributed by atoms with van der Waals surface area (Å²) in [4.78, 5) is 83.4. The molecule has 8 rings (SSSR count).